The number of methoxy groups -OCH3 is 2. The molecule has 0 spiro atoms. The molecule has 1 heterocycles. The predicted octanol–water partition coefficient (Wildman–Crippen LogP) is 1.17. The van der Waals surface area contributed by atoms with Crippen LogP contribution in [0, 0.1) is 0 Å². The number of benzene rings is 1. The van der Waals surface area contributed by atoms with E-state index in [-0.39, 0.29) is 18.1 Å². The summed E-state index contributed by atoms with van der Waals surface area (Å²) >= 11 is 0. The molecule has 2 aromatic rings. The molecule has 8 nitrogen and oxygen atoms in total. The number of carbonyl (C=O) groups is 2. The van der Waals surface area contributed by atoms with Gasteiger partial charge in [0.25, 0.3) is 5.91 Å². The molecule has 0 saturated carbocycles. The largest absolute Gasteiger partial charge is 0.504 e. The van der Waals surface area contributed by atoms with E-state index in [1.54, 1.807) is 6.07 Å². The van der Waals surface area contributed by atoms with Crippen LogP contribution in [0.4, 0.5) is 5.82 Å². The second-order valence-corrected chi connectivity index (χ2v) is 4.70. The summed E-state index contributed by atoms with van der Waals surface area (Å²) in [7, 11) is 2.95. The van der Waals surface area contributed by atoms with E-state index in [1.807, 2.05) is 0 Å². The van der Waals surface area contributed by atoms with Crippen LogP contribution in [-0.2, 0) is 4.79 Å². The average molecular weight is 331 g/mol. The molecule has 1 aromatic heterocycles. The summed E-state index contributed by atoms with van der Waals surface area (Å²) in [5.74, 6) is -0.195. The van der Waals surface area contributed by atoms with Gasteiger partial charge in [0, 0.05) is 17.8 Å². The Morgan fingerprint density at radius 1 is 1.17 bits per heavy atom. The highest BCUT2D eigenvalue weighted by Gasteiger charge is 2.12. The van der Waals surface area contributed by atoms with E-state index in [4.69, 9.17) is 9.47 Å². The zero-order chi connectivity index (χ0) is 17.5. The lowest BCUT2D eigenvalue weighted by Crippen LogP contribution is -2.33. The summed E-state index contributed by atoms with van der Waals surface area (Å²) in [6.45, 7) is -0.283. The number of ether oxygens (including phenoxy) is 2. The van der Waals surface area contributed by atoms with Crippen molar-refractivity contribution in [3.05, 3.63) is 42.1 Å². The number of aromatic nitrogens is 1. The fraction of sp³-hybridized carbons (Fsp3) is 0.188. The summed E-state index contributed by atoms with van der Waals surface area (Å²) < 4.78 is 10.2. The summed E-state index contributed by atoms with van der Waals surface area (Å²) in [6, 6.07) is 7.61. The highest BCUT2D eigenvalue weighted by Crippen LogP contribution is 2.22. The molecule has 2 rings (SSSR count). The van der Waals surface area contributed by atoms with Gasteiger partial charge in [-0.1, -0.05) is 0 Å². The number of nitrogens with one attached hydrogen (secondary N) is 2. The lowest BCUT2D eigenvalue weighted by molar-refractivity contribution is -0.115. The van der Waals surface area contributed by atoms with Crippen LogP contribution in [0.5, 0.6) is 17.2 Å². The first kappa shape index (κ1) is 17.1. The van der Waals surface area contributed by atoms with Gasteiger partial charge in [0.2, 0.25) is 5.91 Å². The van der Waals surface area contributed by atoms with E-state index < -0.39 is 11.8 Å². The number of rotatable bonds is 6. The first-order valence-electron chi connectivity index (χ1n) is 6.98. The minimum atomic E-state index is -0.521. The Morgan fingerprint density at radius 3 is 2.42 bits per heavy atom. The molecule has 0 aliphatic rings. The standard InChI is InChI=1S/C16H17N3O5/c1-23-11-6-10(7-12(8-11)24-2)16(22)18-9-14(21)19-15-13(20)4-3-5-17-15/h3-8,20H,9H2,1-2H3,(H,18,22)(H,17,19,21). The molecule has 24 heavy (non-hydrogen) atoms. The third-order valence-corrected chi connectivity index (χ3v) is 3.07. The van der Waals surface area contributed by atoms with Crippen LogP contribution in [0.1, 0.15) is 10.4 Å². The maximum atomic E-state index is 12.1. The first-order valence-corrected chi connectivity index (χ1v) is 6.98. The zero-order valence-electron chi connectivity index (χ0n) is 13.2. The maximum Gasteiger partial charge on any atom is 0.251 e. The molecule has 0 fully saturated rings. The van der Waals surface area contributed by atoms with Crippen LogP contribution in [0.2, 0.25) is 0 Å². The molecule has 0 aliphatic carbocycles. The number of aromatic hydroxyl groups is 1. The van der Waals surface area contributed by atoms with Crippen molar-refractivity contribution in [1.29, 1.82) is 0 Å². The van der Waals surface area contributed by atoms with Crippen LogP contribution < -0.4 is 20.1 Å². The second-order valence-electron chi connectivity index (χ2n) is 4.70. The van der Waals surface area contributed by atoms with Crippen molar-refractivity contribution in [3.63, 3.8) is 0 Å². The van der Waals surface area contributed by atoms with Gasteiger partial charge in [-0.3, -0.25) is 9.59 Å². The van der Waals surface area contributed by atoms with Gasteiger partial charge < -0.3 is 25.2 Å². The number of pyridine rings is 1. The zero-order valence-corrected chi connectivity index (χ0v) is 13.2. The minimum Gasteiger partial charge on any atom is -0.504 e. The predicted molar refractivity (Wildman–Crippen MR) is 86.4 cm³/mol. The highest BCUT2D eigenvalue weighted by molar-refractivity contribution is 5.99. The average Bonchev–Trinajstić information content (AvgIpc) is 2.61. The Bertz CT molecular complexity index is 726. The van der Waals surface area contributed by atoms with Crippen molar-refractivity contribution in [3.8, 4) is 17.2 Å². The molecule has 0 unspecified atom stereocenters. The van der Waals surface area contributed by atoms with Crippen molar-refractivity contribution in [2.75, 3.05) is 26.1 Å². The number of nitrogens with zero attached hydrogens (tertiary/aromatic N) is 1. The van der Waals surface area contributed by atoms with E-state index in [9.17, 15) is 14.7 Å². The normalized spacial score (nSPS) is 9.92. The molecule has 0 aliphatic heterocycles. The summed E-state index contributed by atoms with van der Waals surface area (Å²) in [5.41, 5.74) is 0.291. The minimum absolute atomic E-state index is 0.0276. The Kier molecular flexibility index (Phi) is 5.56. The number of hydrogen-bond acceptors (Lipinski definition) is 6. The first-order chi connectivity index (χ1) is 11.5. The maximum absolute atomic E-state index is 12.1. The molecule has 2 amide bonds. The summed E-state index contributed by atoms with van der Waals surface area (Å²) in [4.78, 5) is 27.8. The van der Waals surface area contributed by atoms with Crippen molar-refractivity contribution < 1.29 is 24.2 Å². The van der Waals surface area contributed by atoms with Gasteiger partial charge in [-0.2, -0.15) is 0 Å². The Labute approximate surface area is 138 Å². The molecule has 126 valence electrons. The third-order valence-electron chi connectivity index (χ3n) is 3.07. The van der Waals surface area contributed by atoms with E-state index in [0.717, 1.165) is 0 Å². The van der Waals surface area contributed by atoms with Crippen LogP contribution >= 0.6 is 0 Å². The Hall–Kier alpha value is -3.29. The fourth-order valence-electron chi connectivity index (χ4n) is 1.87. The molecule has 1 aromatic carbocycles. The SMILES string of the molecule is COc1cc(OC)cc(C(=O)NCC(=O)Nc2ncccc2O)c1. The van der Waals surface area contributed by atoms with Gasteiger partial charge >= 0.3 is 0 Å². The summed E-state index contributed by atoms with van der Waals surface area (Å²) in [5, 5.41) is 14.4. The van der Waals surface area contributed by atoms with Gasteiger partial charge in [0.1, 0.15) is 11.5 Å². The summed E-state index contributed by atoms with van der Waals surface area (Å²) in [6.07, 6.45) is 1.43. The highest BCUT2D eigenvalue weighted by atomic mass is 16.5. The van der Waals surface area contributed by atoms with E-state index in [2.05, 4.69) is 15.6 Å². The van der Waals surface area contributed by atoms with Crippen molar-refractivity contribution >= 4 is 17.6 Å². The molecule has 3 N–H and O–H groups in total. The van der Waals surface area contributed by atoms with Crippen LogP contribution in [0.3, 0.4) is 0 Å². The van der Waals surface area contributed by atoms with Crippen LogP contribution in [-0.4, -0.2) is 42.7 Å². The monoisotopic (exact) mass is 331 g/mol. The van der Waals surface area contributed by atoms with Crippen LogP contribution in [0.25, 0.3) is 0 Å². The quantitative estimate of drug-likeness (QED) is 0.733. The van der Waals surface area contributed by atoms with Crippen molar-refractivity contribution in [1.82, 2.24) is 10.3 Å². The van der Waals surface area contributed by atoms with Crippen LogP contribution in [0.15, 0.2) is 36.5 Å². The Balaban J connectivity index is 1.98. The molecule has 8 heteroatoms. The van der Waals surface area contributed by atoms with Gasteiger partial charge in [-0.15, -0.1) is 0 Å². The van der Waals surface area contributed by atoms with Gasteiger partial charge in [0.05, 0.1) is 20.8 Å². The molecule has 0 atom stereocenters. The molecular formula is C16H17N3O5. The van der Waals surface area contributed by atoms with E-state index >= 15 is 0 Å². The molecule has 0 bridgehead atoms. The topological polar surface area (TPSA) is 110 Å². The van der Waals surface area contributed by atoms with Gasteiger partial charge in [-0.05, 0) is 24.3 Å². The lowest BCUT2D eigenvalue weighted by Gasteiger charge is -2.10. The molecule has 0 saturated heterocycles. The van der Waals surface area contributed by atoms with E-state index in [0.29, 0.717) is 17.1 Å². The van der Waals surface area contributed by atoms with Crippen molar-refractivity contribution in [2.45, 2.75) is 0 Å². The molecule has 0 radical (unpaired) electrons. The van der Waals surface area contributed by atoms with Gasteiger partial charge in [0.15, 0.2) is 11.6 Å². The molecular weight excluding hydrogens is 314 g/mol. The number of anilines is 1. The smallest absolute Gasteiger partial charge is 0.251 e. The third kappa shape index (κ3) is 4.35. The second kappa shape index (κ2) is 7.82. The van der Waals surface area contributed by atoms with Gasteiger partial charge in [-0.25, -0.2) is 4.98 Å². The lowest BCUT2D eigenvalue weighted by atomic mass is 10.2. The number of hydrogen-bond donors (Lipinski definition) is 3. The Morgan fingerprint density at radius 2 is 1.83 bits per heavy atom. The van der Waals surface area contributed by atoms with Crippen molar-refractivity contribution in [2.24, 2.45) is 0 Å². The number of carbonyl (C=O) groups excluding carboxylic acids is 2. The van der Waals surface area contributed by atoms with E-state index in [1.165, 1.54) is 44.7 Å². The number of amides is 2. The fourth-order valence-corrected chi connectivity index (χ4v) is 1.87.